The van der Waals surface area contributed by atoms with Crippen molar-refractivity contribution in [2.24, 2.45) is 0 Å². The van der Waals surface area contributed by atoms with Crippen LogP contribution < -0.4 is 0 Å². The first-order chi connectivity index (χ1) is 18.4. The zero-order valence-electron chi connectivity index (χ0n) is 21.7. The average molecular weight is 551 g/mol. The Labute approximate surface area is 233 Å². The van der Waals surface area contributed by atoms with Crippen LogP contribution in [0.15, 0.2) is 84.2 Å². The first kappa shape index (κ1) is 27.9. The van der Waals surface area contributed by atoms with E-state index >= 15 is 0 Å². The van der Waals surface area contributed by atoms with Crippen molar-refractivity contribution < 1.29 is 9.18 Å². The third-order valence-electron chi connectivity index (χ3n) is 6.09. The van der Waals surface area contributed by atoms with Gasteiger partial charge in [0.15, 0.2) is 0 Å². The summed E-state index contributed by atoms with van der Waals surface area (Å²) in [5.74, 6) is -0.323. The van der Waals surface area contributed by atoms with Gasteiger partial charge in [0.05, 0.1) is 6.54 Å². The Morgan fingerprint density at radius 1 is 0.816 bits per heavy atom. The Balaban J connectivity index is 1.50. The molecular formula is C30H32ClFN4OS. The molecule has 0 saturated heterocycles. The maximum absolute atomic E-state index is 13.5. The monoisotopic (exact) mass is 550 g/mol. The Morgan fingerprint density at radius 2 is 1.42 bits per heavy atom. The molecule has 1 aromatic heterocycles. The number of carbonyl (C=O) groups excluding carboxylic acids is 1. The van der Waals surface area contributed by atoms with Crippen molar-refractivity contribution in [3.05, 3.63) is 122 Å². The van der Waals surface area contributed by atoms with Crippen LogP contribution in [0.4, 0.5) is 4.39 Å². The maximum Gasteiger partial charge on any atom is 0.273 e. The molecule has 0 bridgehead atoms. The SMILES string of the molecule is CN(C)CCN(Cc1ccccc1)C(=O)c1csc(CN(Cc2ccc(F)cc2)Cc2ccc(Cl)cc2)n1. The number of carbonyl (C=O) groups is 1. The molecule has 0 atom stereocenters. The van der Waals surface area contributed by atoms with Crippen LogP contribution in [0.5, 0.6) is 0 Å². The Bertz CT molecular complexity index is 1250. The third-order valence-corrected chi connectivity index (χ3v) is 7.17. The lowest BCUT2D eigenvalue weighted by Gasteiger charge is -2.24. The molecule has 8 heteroatoms. The van der Waals surface area contributed by atoms with Gasteiger partial charge in [-0.1, -0.05) is 66.2 Å². The van der Waals surface area contributed by atoms with Crippen LogP contribution in [-0.4, -0.2) is 52.8 Å². The molecule has 0 radical (unpaired) electrons. The molecule has 5 nitrogen and oxygen atoms in total. The fourth-order valence-electron chi connectivity index (χ4n) is 4.08. The molecule has 0 spiro atoms. The Hall–Kier alpha value is -3.10. The second kappa shape index (κ2) is 13.6. The number of hydrogen-bond donors (Lipinski definition) is 0. The number of thiazole rings is 1. The highest BCUT2D eigenvalue weighted by molar-refractivity contribution is 7.09. The van der Waals surface area contributed by atoms with E-state index < -0.39 is 0 Å². The lowest BCUT2D eigenvalue weighted by molar-refractivity contribution is 0.0726. The molecular weight excluding hydrogens is 519 g/mol. The van der Waals surface area contributed by atoms with Crippen molar-refractivity contribution >= 4 is 28.8 Å². The van der Waals surface area contributed by atoms with Gasteiger partial charge in [-0.3, -0.25) is 9.69 Å². The van der Waals surface area contributed by atoms with Gasteiger partial charge in [0, 0.05) is 43.1 Å². The van der Waals surface area contributed by atoms with Crippen molar-refractivity contribution in [3.8, 4) is 0 Å². The van der Waals surface area contributed by atoms with E-state index in [1.165, 1.54) is 23.5 Å². The van der Waals surface area contributed by atoms with Gasteiger partial charge in [-0.15, -0.1) is 11.3 Å². The van der Waals surface area contributed by atoms with Gasteiger partial charge in [0.25, 0.3) is 5.91 Å². The second-order valence-electron chi connectivity index (χ2n) is 9.54. The number of benzene rings is 3. The van der Waals surface area contributed by atoms with E-state index in [0.717, 1.165) is 28.2 Å². The number of rotatable bonds is 12. The first-order valence-corrected chi connectivity index (χ1v) is 13.7. The molecule has 38 heavy (non-hydrogen) atoms. The largest absolute Gasteiger partial charge is 0.332 e. The summed E-state index contributed by atoms with van der Waals surface area (Å²) in [4.78, 5) is 24.4. The number of nitrogens with zero attached hydrogens (tertiary/aromatic N) is 4. The van der Waals surface area contributed by atoms with Crippen LogP contribution in [0.3, 0.4) is 0 Å². The van der Waals surface area contributed by atoms with Crippen LogP contribution in [0.1, 0.15) is 32.2 Å². The average Bonchev–Trinajstić information content (AvgIpc) is 3.37. The summed E-state index contributed by atoms with van der Waals surface area (Å²) < 4.78 is 13.5. The topological polar surface area (TPSA) is 39.7 Å². The van der Waals surface area contributed by atoms with Crippen LogP contribution in [-0.2, 0) is 26.2 Å². The van der Waals surface area contributed by atoms with Crippen molar-refractivity contribution in [1.29, 1.82) is 0 Å². The van der Waals surface area contributed by atoms with Crippen LogP contribution in [0.25, 0.3) is 0 Å². The summed E-state index contributed by atoms with van der Waals surface area (Å²) in [6.45, 7) is 3.76. The molecule has 1 heterocycles. The number of hydrogen-bond acceptors (Lipinski definition) is 5. The molecule has 0 unspecified atom stereocenters. The van der Waals surface area contributed by atoms with Crippen molar-refractivity contribution in [2.45, 2.75) is 26.2 Å². The van der Waals surface area contributed by atoms with E-state index in [4.69, 9.17) is 16.6 Å². The Kier molecular flexibility index (Phi) is 10.0. The Morgan fingerprint density at radius 3 is 2.05 bits per heavy atom. The zero-order valence-corrected chi connectivity index (χ0v) is 23.3. The second-order valence-corrected chi connectivity index (χ2v) is 10.9. The molecule has 0 saturated carbocycles. The molecule has 0 fully saturated rings. The zero-order chi connectivity index (χ0) is 26.9. The van der Waals surface area contributed by atoms with E-state index in [-0.39, 0.29) is 11.7 Å². The summed E-state index contributed by atoms with van der Waals surface area (Å²) >= 11 is 7.56. The fourth-order valence-corrected chi connectivity index (χ4v) is 5.01. The lowest BCUT2D eigenvalue weighted by Crippen LogP contribution is -2.36. The minimum Gasteiger partial charge on any atom is -0.332 e. The highest BCUT2D eigenvalue weighted by atomic mass is 35.5. The highest BCUT2D eigenvalue weighted by Gasteiger charge is 2.20. The predicted octanol–water partition coefficient (Wildman–Crippen LogP) is 6.34. The van der Waals surface area contributed by atoms with Gasteiger partial charge in [-0.25, -0.2) is 9.37 Å². The number of likely N-dealkylation sites (N-methyl/N-ethyl adjacent to an activating group) is 1. The number of halogens is 2. The van der Waals surface area contributed by atoms with Crippen molar-refractivity contribution in [3.63, 3.8) is 0 Å². The van der Waals surface area contributed by atoms with Crippen molar-refractivity contribution in [2.75, 3.05) is 27.2 Å². The normalized spacial score (nSPS) is 11.3. The standard InChI is InChI=1S/C30H32ClFN4OS/c1-34(2)16-17-36(20-23-6-4-3-5-7-23)30(37)28-22-38-29(33-28)21-35(18-24-8-12-26(31)13-9-24)19-25-10-14-27(32)15-11-25/h3-15,22H,16-21H2,1-2H3. The van der Waals surface area contributed by atoms with Gasteiger partial charge < -0.3 is 9.80 Å². The summed E-state index contributed by atoms with van der Waals surface area (Å²) in [6, 6.07) is 24.3. The molecule has 0 aliphatic heterocycles. The van der Waals surface area contributed by atoms with E-state index in [9.17, 15) is 9.18 Å². The lowest BCUT2D eigenvalue weighted by atomic mass is 10.1. The molecule has 4 aromatic rings. The van der Waals surface area contributed by atoms with Crippen LogP contribution >= 0.6 is 22.9 Å². The van der Waals surface area contributed by atoms with Gasteiger partial charge >= 0.3 is 0 Å². The molecule has 198 valence electrons. The van der Waals surface area contributed by atoms with Gasteiger partial charge in [-0.2, -0.15) is 0 Å². The first-order valence-electron chi connectivity index (χ1n) is 12.5. The number of aromatic nitrogens is 1. The predicted molar refractivity (Wildman–Crippen MR) is 153 cm³/mol. The van der Waals surface area contributed by atoms with E-state index in [1.807, 2.05) is 79.0 Å². The van der Waals surface area contributed by atoms with Gasteiger partial charge in [0.2, 0.25) is 0 Å². The summed E-state index contributed by atoms with van der Waals surface area (Å²) in [5.41, 5.74) is 3.67. The minimum atomic E-state index is -0.254. The molecule has 0 aliphatic rings. The quantitative estimate of drug-likeness (QED) is 0.206. The van der Waals surface area contributed by atoms with Crippen LogP contribution in [0.2, 0.25) is 5.02 Å². The third kappa shape index (κ3) is 8.46. The number of amides is 1. The van der Waals surface area contributed by atoms with Crippen molar-refractivity contribution in [1.82, 2.24) is 19.7 Å². The highest BCUT2D eigenvalue weighted by Crippen LogP contribution is 2.20. The smallest absolute Gasteiger partial charge is 0.273 e. The molecule has 0 aliphatic carbocycles. The van der Waals surface area contributed by atoms with E-state index in [2.05, 4.69) is 9.80 Å². The molecule has 3 aromatic carbocycles. The fraction of sp³-hybridized carbons (Fsp3) is 0.267. The minimum absolute atomic E-state index is 0.0685. The van der Waals surface area contributed by atoms with E-state index in [0.29, 0.717) is 43.4 Å². The molecule has 0 N–H and O–H groups in total. The van der Waals surface area contributed by atoms with Crippen LogP contribution in [0, 0.1) is 5.82 Å². The summed E-state index contributed by atoms with van der Waals surface area (Å²) in [7, 11) is 4.00. The summed E-state index contributed by atoms with van der Waals surface area (Å²) in [6.07, 6.45) is 0. The molecule has 1 amide bonds. The summed E-state index contributed by atoms with van der Waals surface area (Å²) in [5, 5.41) is 3.40. The molecule has 4 rings (SSSR count). The van der Waals surface area contributed by atoms with Gasteiger partial charge in [0.1, 0.15) is 16.5 Å². The van der Waals surface area contributed by atoms with Gasteiger partial charge in [-0.05, 0) is 55.1 Å². The maximum atomic E-state index is 13.5. The van der Waals surface area contributed by atoms with E-state index in [1.54, 1.807) is 12.1 Å².